The third-order valence-electron chi connectivity index (χ3n) is 6.22. The summed E-state index contributed by atoms with van der Waals surface area (Å²) in [5.41, 5.74) is 1.40. The van der Waals surface area contributed by atoms with Gasteiger partial charge in [0, 0.05) is 23.9 Å². The Morgan fingerprint density at radius 3 is 2.70 bits per heavy atom. The highest BCUT2D eigenvalue weighted by Gasteiger charge is 2.28. The monoisotopic (exact) mass is 501 g/mol. The van der Waals surface area contributed by atoms with E-state index in [4.69, 9.17) is 4.42 Å². The van der Waals surface area contributed by atoms with E-state index in [2.05, 4.69) is 16.0 Å². The van der Waals surface area contributed by atoms with Gasteiger partial charge in [0.25, 0.3) is 5.91 Å². The summed E-state index contributed by atoms with van der Waals surface area (Å²) in [4.78, 5) is 47.6. The Morgan fingerprint density at radius 2 is 1.97 bits per heavy atom. The van der Waals surface area contributed by atoms with E-state index in [0.29, 0.717) is 36.2 Å². The minimum Gasteiger partial charge on any atom is -0.451 e. The Bertz CT molecular complexity index is 1410. The number of benzene rings is 2. The molecule has 0 radical (unpaired) electrons. The van der Waals surface area contributed by atoms with Crippen LogP contribution >= 0.6 is 0 Å². The van der Waals surface area contributed by atoms with Crippen LogP contribution in [0.25, 0.3) is 11.0 Å². The minimum atomic E-state index is -0.953. The van der Waals surface area contributed by atoms with Gasteiger partial charge in [-0.15, -0.1) is 0 Å². The van der Waals surface area contributed by atoms with E-state index >= 15 is 0 Å². The molecule has 37 heavy (non-hydrogen) atoms. The normalized spacial score (nSPS) is 16.0. The highest BCUT2D eigenvalue weighted by atomic mass is 19.1. The second-order valence-corrected chi connectivity index (χ2v) is 8.72. The maximum atomic E-state index is 13.9. The molecule has 9 heteroatoms. The lowest BCUT2D eigenvalue weighted by molar-refractivity contribution is 0.0915. The molecular formula is C28H24FN3O5. The smallest absolute Gasteiger partial charge is 0.287 e. The van der Waals surface area contributed by atoms with E-state index in [9.17, 15) is 23.6 Å². The predicted octanol–water partition coefficient (Wildman–Crippen LogP) is 2.69. The molecule has 2 aromatic carbocycles. The number of fused-ring (bicyclic) bond motifs is 1. The van der Waals surface area contributed by atoms with Crippen LogP contribution < -0.4 is 16.0 Å². The molecule has 0 saturated carbocycles. The molecule has 0 aliphatic carbocycles. The van der Waals surface area contributed by atoms with E-state index in [0.717, 1.165) is 5.39 Å². The van der Waals surface area contributed by atoms with Crippen molar-refractivity contribution in [2.75, 3.05) is 6.54 Å². The summed E-state index contributed by atoms with van der Waals surface area (Å²) in [7, 11) is 0. The van der Waals surface area contributed by atoms with Crippen molar-refractivity contribution in [1.29, 1.82) is 0 Å². The van der Waals surface area contributed by atoms with E-state index in [1.54, 1.807) is 36.3 Å². The standard InChI is InChI=1S/C28H24FN3O5/c29-21-6-3-4-18(12-21)13-23(32-28(36)27-15-20-5-1-2-7-26(20)37-27)25(17-35)31-22(9-11-33)14-19-8-10-30-24(19)16-34/h1-7,9,12,15,19,22-23,30-31H,8,10,13-14H2,(H,32,36)/t19-,22?,23?/m0/s1. The zero-order valence-corrected chi connectivity index (χ0v) is 19.8. The van der Waals surface area contributed by atoms with Crippen LogP contribution in [0.2, 0.25) is 0 Å². The van der Waals surface area contributed by atoms with Crippen LogP contribution in [0.15, 0.2) is 76.5 Å². The highest BCUT2D eigenvalue weighted by Crippen LogP contribution is 2.24. The molecule has 3 N–H and O–H groups in total. The predicted molar refractivity (Wildman–Crippen MR) is 134 cm³/mol. The molecule has 0 bridgehead atoms. The Morgan fingerprint density at radius 1 is 1.14 bits per heavy atom. The van der Waals surface area contributed by atoms with Crippen LogP contribution in [-0.4, -0.2) is 42.4 Å². The average molecular weight is 502 g/mol. The van der Waals surface area contributed by atoms with Crippen molar-refractivity contribution in [3.05, 3.63) is 89.2 Å². The van der Waals surface area contributed by atoms with Crippen LogP contribution in [0.1, 0.15) is 29.0 Å². The highest BCUT2D eigenvalue weighted by molar-refractivity contribution is 5.96. The Hall–Kier alpha value is -4.67. The summed E-state index contributed by atoms with van der Waals surface area (Å²) in [6, 6.07) is 12.9. The number of rotatable bonds is 10. The van der Waals surface area contributed by atoms with Gasteiger partial charge in [0.1, 0.15) is 34.9 Å². The van der Waals surface area contributed by atoms with Gasteiger partial charge in [-0.1, -0.05) is 30.3 Å². The largest absolute Gasteiger partial charge is 0.451 e. The van der Waals surface area contributed by atoms with Gasteiger partial charge >= 0.3 is 0 Å². The molecule has 1 saturated heterocycles. The summed E-state index contributed by atoms with van der Waals surface area (Å²) in [6.45, 7) is 0.596. The number of hydrogen-bond acceptors (Lipinski definition) is 7. The molecule has 1 aliphatic heterocycles. The Balaban J connectivity index is 1.59. The van der Waals surface area contributed by atoms with Crippen LogP contribution in [0, 0.1) is 11.7 Å². The molecule has 2 heterocycles. The summed E-state index contributed by atoms with van der Waals surface area (Å²) in [5.74, 6) is 4.22. The third-order valence-corrected chi connectivity index (χ3v) is 6.22. The number of para-hydroxylation sites is 1. The fraction of sp³-hybridized carbons (Fsp3) is 0.250. The number of halogens is 1. The van der Waals surface area contributed by atoms with Crippen molar-refractivity contribution in [3.63, 3.8) is 0 Å². The average Bonchev–Trinajstić information content (AvgIpc) is 3.53. The molecule has 1 fully saturated rings. The summed E-state index contributed by atoms with van der Waals surface area (Å²) in [5, 5.41) is 9.41. The first-order valence-corrected chi connectivity index (χ1v) is 11.8. The second-order valence-electron chi connectivity index (χ2n) is 8.72. The lowest BCUT2D eigenvalue weighted by Crippen LogP contribution is -2.44. The van der Waals surface area contributed by atoms with Crippen LogP contribution in [0.3, 0.4) is 0 Å². The Labute approximate surface area is 211 Å². The van der Waals surface area contributed by atoms with Gasteiger partial charge < -0.3 is 20.4 Å². The first kappa shape index (κ1) is 25.4. The summed E-state index contributed by atoms with van der Waals surface area (Å²) >= 11 is 0. The molecule has 1 aliphatic rings. The topological polar surface area (TPSA) is 118 Å². The van der Waals surface area contributed by atoms with Crippen molar-refractivity contribution in [1.82, 2.24) is 16.0 Å². The molecule has 3 aromatic rings. The van der Waals surface area contributed by atoms with E-state index < -0.39 is 23.8 Å². The van der Waals surface area contributed by atoms with Crippen molar-refractivity contribution in [3.8, 4) is 0 Å². The first-order valence-electron chi connectivity index (χ1n) is 11.8. The second kappa shape index (κ2) is 11.8. The van der Waals surface area contributed by atoms with Crippen LogP contribution in [-0.2, 0) is 20.8 Å². The molecule has 3 atom stereocenters. The van der Waals surface area contributed by atoms with Crippen molar-refractivity contribution < 1.29 is 28.0 Å². The molecule has 8 nitrogen and oxygen atoms in total. The number of carbonyl (C=O) groups excluding carboxylic acids is 4. The fourth-order valence-corrected chi connectivity index (χ4v) is 4.43. The van der Waals surface area contributed by atoms with Gasteiger partial charge in [-0.25, -0.2) is 18.8 Å². The number of amides is 1. The van der Waals surface area contributed by atoms with Gasteiger partial charge in [-0.2, -0.15) is 0 Å². The van der Waals surface area contributed by atoms with E-state index in [1.807, 2.05) is 17.9 Å². The summed E-state index contributed by atoms with van der Waals surface area (Å²) < 4.78 is 19.5. The zero-order chi connectivity index (χ0) is 26.2. The quantitative estimate of drug-likeness (QED) is 0.366. The maximum absolute atomic E-state index is 13.9. The van der Waals surface area contributed by atoms with Crippen molar-refractivity contribution in [2.45, 2.75) is 31.3 Å². The van der Waals surface area contributed by atoms with Crippen molar-refractivity contribution >= 4 is 34.7 Å². The molecule has 0 spiro atoms. The van der Waals surface area contributed by atoms with E-state index in [1.165, 1.54) is 24.3 Å². The van der Waals surface area contributed by atoms with Gasteiger partial charge in [0.15, 0.2) is 5.76 Å². The number of hydrogen-bond donors (Lipinski definition) is 3. The molecule has 1 aromatic heterocycles. The van der Waals surface area contributed by atoms with Crippen LogP contribution in [0.4, 0.5) is 4.39 Å². The van der Waals surface area contributed by atoms with Crippen LogP contribution in [0.5, 0.6) is 0 Å². The Kier molecular flexibility index (Phi) is 8.14. The first-order chi connectivity index (χ1) is 18.0. The SMILES string of the molecule is O=C=CC(C[C@@H]1CCNC1=C=O)NC(=C=O)C(Cc1cccc(F)c1)NC(=O)c1cc2ccccc2o1. The number of carbonyl (C=O) groups is 1. The van der Waals surface area contributed by atoms with Crippen molar-refractivity contribution in [2.24, 2.45) is 5.92 Å². The lowest BCUT2D eigenvalue weighted by atomic mass is 9.95. The number of allylic oxidation sites excluding steroid dienone is 1. The zero-order valence-electron chi connectivity index (χ0n) is 19.8. The lowest BCUT2D eigenvalue weighted by Gasteiger charge is -2.25. The van der Waals surface area contributed by atoms with Gasteiger partial charge in [0.05, 0.1) is 17.8 Å². The molecule has 2 unspecified atom stereocenters. The van der Waals surface area contributed by atoms with Gasteiger partial charge in [-0.05, 0) is 49.1 Å². The maximum Gasteiger partial charge on any atom is 0.287 e. The van der Waals surface area contributed by atoms with Gasteiger partial charge in [0.2, 0.25) is 0 Å². The van der Waals surface area contributed by atoms with E-state index in [-0.39, 0.29) is 23.8 Å². The molecule has 4 rings (SSSR count). The molecule has 188 valence electrons. The third kappa shape index (κ3) is 6.31. The summed E-state index contributed by atoms with van der Waals surface area (Å²) in [6.07, 6.45) is 2.23. The molecule has 1 amide bonds. The molecular weight excluding hydrogens is 477 g/mol. The number of nitrogens with one attached hydrogen (secondary N) is 3. The number of furan rings is 1. The minimum absolute atomic E-state index is 0.0396. The van der Waals surface area contributed by atoms with Gasteiger partial charge in [-0.3, -0.25) is 4.79 Å². The fourth-order valence-electron chi connectivity index (χ4n) is 4.43.